The summed E-state index contributed by atoms with van der Waals surface area (Å²) in [6, 6.07) is 11.1. The molecular weight excluding hydrogens is 252 g/mol. The van der Waals surface area contributed by atoms with Gasteiger partial charge in [0.15, 0.2) is 0 Å². The fraction of sp³-hybridized carbons (Fsp3) is 0.353. The molecule has 0 fully saturated rings. The summed E-state index contributed by atoms with van der Waals surface area (Å²) in [4.78, 5) is 11.5. The molecule has 0 aliphatic heterocycles. The molecule has 0 bridgehead atoms. The summed E-state index contributed by atoms with van der Waals surface area (Å²) >= 11 is 0. The number of carboxylic acid groups (broad SMARTS) is 1. The van der Waals surface area contributed by atoms with Crippen LogP contribution in [0.2, 0.25) is 0 Å². The lowest BCUT2D eigenvalue weighted by Crippen LogP contribution is -2.06. The van der Waals surface area contributed by atoms with Crippen molar-refractivity contribution < 1.29 is 14.6 Å². The molecule has 0 saturated heterocycles. The molecule has 2 aromatic carbocycles. The van der Waals surface area contributed by atoms with E-state index in [0.717, 1.165) is 23.6 Å². The Bertz CT molecular complexity index is 602. The number of aromatic carboxylic acids is 1. The quantitative estimate of drug-likeness (QED) is 0.795. The number of fused-ring (bicyclic) bond motifs is 1. The zero-order valence-corrected chi connectivity index (χ0v) is 11.9. The smallest absolute Gasteiger partial charge is 0.340 e. The highest BCUT2D eigenvalue weighted by Crippen LogP contribution is 2.28. The van der Waals surface area contributed by atoms with Crippen molar-refractivity contribution in [2.45, 2.75) is 26.7 Å². The van der Waals surface area contributed by atoms with Crippen molar-refractivity contribution >= 4 is 16.7 Å². The Kier molecular flexibility index (Phi) is 4.61. The highest BCUT2D eigenvalue weighted by molar-refractivity contribution is 6.06. The molecule has 3 heteroatoms. The van der Waals surface area contributed by atoms with Crippen LogP contribution >= 0.6 is 0 Å². The highest BCUT2D eigenvalue weighted by Gasteiger charge is 2.15. The molecule has 0 spiro atoms. The Balaban J connectivity index is 2.24. The Morgan fingerprint density at radius 1 is 1.20 bits per heavy atom. The molecule has 0 aliphatic carbocycles. The molecule has 3 nitrogen and oxygen atoms in total. The SMILES string of the molecule is CC(C)CCCOc1ccc2ccccc2c1C(=O)O. The van der Waals surface area contributed by atoms with Gasteiger partial charge in [0.1, 0.15) is 11.3 Å². The van der Waals surface area contributed by atoms with Crippen LogP contribution in [0.1, 0.15) is 37.0 Å². The minimum atomic E-state index is -0.944. The van der Waals surface area contributed by atoms with Gasteiger partial charge in [-0.3, -0.25) is 0 Å². The lowest BCUT2D eigenvalue weighted by atomic mass is 10.0. The lowest BCUT2D eigenvalue weighted by molar-refractivity contribution is 0.0694. The molecule has 0 saturated carbocycles. The van der Waals surface area contributed by atoms with Gasteiger partial charge in [-0.2, -0.15) is 0 Å². The first-order valence-electron chi connectivity index (χ1n) is 6.97. The second-order valence-electron chi connectivity index (χ2n) is 5.35. The van der Waals surface area contributed by atoms with Crippen molar-refractivity contribution in [3.8, 4) is 5.75 Å². The van der Waals surface area contributed by atoms with E-state index in [-0.39, 0.29) is 5.56 Å². The zero-order valence-electron chi connectivity index (χ0n) is 11.9. The predicted molar refractivity (Wildman–Crippen MR) is 80.5 cm³/mol. The van der Waals surface area contributed by atoms with Crippen molar-refractivity contribution in [1.29, 1.82) is 0 Å². The van der Waals surface area contributed by atoms with Gasteiger partial charge in [-0.05, 0) is 35.6 Å². The third-order valence-corrected chi connectivity index (χ3v) is 3.29. The Morgan fingerprint density at radius 3 is 2.65 bits per heavy atom. The largest absolute Gasteiger partial charge is 0.493 e. The number of carboxylic acids is 1. The molecule has 2 aromatic rings. The molecule has 0 atom stereocenters. The summed E-state index contributed by atoms with van der Waals surface area (Å²) in [5.41, 5.74) is 0.257. The molecule has 0 amide bonds. The van der Waals surface area contributed by atoms with E-state index in [2.05, 4.69) is 13.8 Å². The van der Waals surface area contributed by atoms with E-state index >= 15 is 0 Å². The first kappa shape index (κ1) is 14.4. The van der Waals surface area contributed by atoms with Crippen LogP contribution in [0.25, 0.3) is 10.8 Å². The molecular formula is C17H20O3. The van der Waals surface area contributed by atoms with Crippen molar-refractivity contribution in [3.63, 3.8) is 0 Å². The van der Waals surface area contributed by atoms with E-state index in [1.54, 1.807) is 6.07 Å². The third kappa shape index (κ3) is 3.29. The van der Waals surface area contributed by atoms with Gasteiger partial charge in [0, 0.05) is 0 Å². The standard InChI is InChI=1S/C17H20O3/c1-12(2)6-5-11-20-15-10-9-13-7-3-4-8-14(13)16(15)17(18)19/h3-4,7-10,12H,5-6,11H2,1-2H3,(H,18,19). The van der Waals surface area contributed by atoms with E-state index in [0.29, 0.717) is 18.3 Å². The summed E-state index contributed by atoms with van der Waals surface area (Å²) in [5.74, 6) is 0.148. The fourth-order valence-corrected chi connectivity index (χ4v) is 2.27. The van der Waals surface area contributed by atoms with Gasteiger partial charge in [-0.25, -0.2) is 4.79 Å². The van der Waals surface area contributed by atoms with Crippen LogP contribution in [0.5, 0.6) is 5.75 Å². The summed E-state index contributed by atoms with van der Waals surface area (Å²) in [5, 5.41) is 11.1. The summed E-state index contributed by atoms with van der Waals surface area (Å²) in [6.45, 7) is 4.88. The normalized spacial score (nSPS) is 10.9. The summed E-state index contributed by atoms with van der Waals surface area (Å²) in [7, 11) is 0. The third-order valence-electron chi connectivity index (χ3n) is 3.29. The topological polar surface area (TPSA) is 46.5 Å². The Hall–Kier alpha value is -2.03. The van der Waals surface area contributed by atoms with Crippen LogP contribution in [-0.2, 0) is 0 Å². The van der Waals surface area contributed by atoms with Crippen molar-refractivity contribution in [2.75, 3.05) is 6.61 Å². The average Bonchev–Trinajstić information content (AvgIpc) is 2.42. The second kappa shape index (κ2) is 6.42. The fourth-order valence-electron chi connectivity index (χ4n) is 2.27. The number of benzene rings is 2. The minimum absolute atomic E-state index is 0.257. The van der Waals surface area contributed by atoms with Crippen LogP contribution in [0, 0.1) is 5.92 Å². The number of ether oxygens (including phenoxy) is 1. The van der Waals surface area contributed by atoms with Gasteiger partial charge < -0.3 is 9.84 Å². The van der Waals surface area contributed by atoms with Gasteiger partial charge in [0.05, 0.1) is 6.61 Å². The molecule has 106 valence electrons. The molecule has 1 N–H and O–H groups in total. The number of rotatable bonds is 6. The van der Waals surface area contributed by atoms with E-state index in [1.807, 2.05) is 30.3 Å². The summed E-state index contributed by atoms with van der Waals surface area (Å²) in [6.07, 6.45) is 2.01. The average molecular weight is 272 g/mol. The molecule has 0 aliphatic rings. The van der Waals surface area contributed by atoms with Gasteiger partial charge in [-0.1, -0.05) is 44.2 Å². The monoisotopic (exact) mass is 272 g/mol. The zero-order chi connectivity index (χ0) is 14.5. The van der Waals surface area contributed by atoms with Crippen LogP contribution in [-0.4, -0.2) is 17.7 Å². The van der Waals surface area contributed by atoms with Crippen molar-refractivity contribution in [2.24, 2.45) is 5.92 Å². The molecule has 0 radical (unpaired) electrons. The Morgan fingerprint density at radius 2 is 1.95 bits per heavy atom. The number of hydrogen-bond acceptors (Lipinski definition) is 2. The first-order valence-corrected chi connectivity index (χ1v) is 6.97. The van der Waals surface area contributed by atoms with Crippen LogP contribution in [0.3, 0.4) is 0 Å². The van der Waals surface area contributed by atoms with Crippen LogP contribution in [0.4, 0.5) is 0 Å². The van der Waals surface area contributed by atoms with Gasteiger partial charge in [-0.15, -0.1) is 0 Å². The maximum absolute atomic E-state index is 11.5. The van der Waals surface area contributed by atoms with E-state index < -0.39 is 5.97 Å². The van der Waals surface area contributed by atoms with Crippen molar-refractivity contribution in [3.05, 3.63) is 42.0 Å². The van der Waals surface area contributed by atoms with Crippen LogP contribution < -0.4 is 4.74 Å². The van der Waals surface area contributed by atoms with E-state index in [4.69, 9.17) is 4.74 Å². The maximum atomic E-state index is 11.5. The molecule has 0 unspecified atom stereocenters. The predicted octanol–water partition coefficient (Wildman–Crippen LogP) is 4.35. The maximum Gasteiger partial charge on any atom is 0.340 e. The molecule has 0 heterocycles. The molecule has 0 aromatic heterocycles. The van der Waals surface area contributed by atoms with E-state index in [9.17, 15) is 9.90 Å². The minimum Gasteiger partial charge on any atom is -0.493 e. The van der Waals surface area contributed by atoms with Gasteiger partial charge in [0.2, 0.25) is 0 Å². The molecule has 2 rings (SSSR count). The van der Waals surface area contributed by atoms with E-state index in [1.165, 1.54) is 0 Å². The van der Waals surface area contributed by atoms with Crippen LogP contribution in [0.15, 0.2) is 36.4 Å². The number of carbonyl (C=O) groups is 1. The first-order chi connectivity index (χ1) is 9.59. The molecule has 20 heavy (non-hydrogen) atoms. The Labute approximate surface area is 119 Å². The van der Waals surface area contributed by atoms with Crippen molar-refractivity contribution in [1.82, 2.24) is 0 Å². The lowest BCUT2D eigenvalue weighted by Gasteiger charge is -2.12. The summed E-state index contributed by atoms with van der Waals surface area (Å²) < 4.78 is 5.68. The van der Waals surface area contributed by atoms with Gasteiger partial charge in [0.25, 0.3) is 0 Å². The second-order valence-corrected chi connectivity index (χ2v) is 5.35. The highest BCUT2D eigenvalue weighted by atomic mass is 16.5. The number of hydrogen-bond donors (Lipinski definition) is 1. The van der Waals surface area contributed by atoms with Gasteiger partial charge >= 0.3 is 5.97 Å².